The van der Waals surface area contributed by atoms with Gasteiger partial charge in [-0.25, -0.2) is 0 Å². The van der Waals surface area contributed by atoms with Gasteiger partial charge in [0.2, 0.25) is 5.91 Å². The summed E-state index contributed by atoms with van der Waals surface area (Å²) in [4.78, 5) is 11.2. The molecule has 0 radical (unpaired) electrons. The molecule has 5 heteroatoms. The first kappa shape index (κ1) is 13.1. The molecule has 0 aliphatic carbocycles. The Morgan fingerprint density at radius 1 is 1.79 bits per heavy atom. The molecule has 0 fully saturated rings. The zero-order valence-corrected chi connectivity index (χ0v) is 8.36. The Labute approximate surface area is 83.6 Å². The Hall–Kier alpha value is -0.910. The minimum absolute atomic E-state index is 0.0207. The van der Waals surface area contributed by atoms with Crippen LogP contribution in [0.25, 0.3) is 0 Å². The third-order valence-corrected chi connectivity index (χ3v) is 1.74. The fraction of sp³-hybridized carbons (Fsp3) is 0.667. The van der Waals surface area contributed by atoms with Crippen molar-refractivity contribution in [3.05, 3.63) is 12.7 Å². The predicted molar refractivity (Wildman–Crippen MR) is 53.5 cm³/mol. The standard InChI is InChI=1S/C9H18N2O3/c1-3-4-7(10)8(13)11-5-9(2,14)6-12/h3,7,12,14H,1,4-6,10H2,2H3,(H,11,13). The van der Waals surface area contributed by atoms with E-state index in [1.165, 1.54) is 6.92 Å². The molecule has 0 saturated heterocycles. The van der Waals surface area contributed by atoms with E-state index in [0.717, 1.165) is 0 Å². The number of hydrogen-bond donors (Lipinski definition) is 4. The van der Waals surface area contributed by atoms with Crippen LogP contribution in [-0.4, -0.2) is 40.9 Å². The number of aliphatic hydroxyl groups excluding tert-OH is 1. The van der Waals surface area contributed by atoms with E-state index in [9.17, 15) is 9.90 Å². The fourth-order valence-corrected chi connectivity index (χ4v) is 0.751. The lowest BCUT2D eigenvalue weighted by atomic mass is 10.1. The molecule has 0 rings (SSSR count). The van der Waals surface area contributed by atoms with Gasteiger partial charge < -0.3 is 21.3 Å². The number of carbonyl (C=O) groups is 1. The van der Waals surface area contributed by atoms with Crippen LogP contribution in [0.4, 0.5) is 0 Å². The summed E-state index contributed by atoms with van der Waals surface area (Å²) in [7, 11) is 0. The quantitative estimate of drug-likeness (QED) is 0.405. The fourth-order valence-electron chi connectivity index (χ4n) is 0.751. The molecule has 5 N–H and O–H groups in total. The number of carbonyl (C=O) groups excluding carboxylic acids is 1. The molecule has 0 bridgehead atoms. The topological polar surface area (TPSA) is 95.6 Å². The lowest BCUT2D eigenvalue weighted by molar-refractivity contribution is -0.123. The maximum atomic E-state index is 11.2. The van der Waals surface area contributed by atoms with Crippen LogP contribution < -0.4 is 11.1 Å². The lowest BCUT2D eigenvalue weighted by Gasteiger charge is -2.21. The molecule has 0 heterocycles. The van der Waals surface area contributed by atoms with Crippen molar-refractivity contribution in [1.82, 2.24) is 5.32 Å². The van der Waals surface area contributed by atoms with E-state index in [1.807, 2.05) is 0 Å². The molecule has 2 atom stereocenters. The average molecular weight is 202 g/mol. The van der Waals surface area contributed by atoms with Crippen LogP contribution in [-0.2, 0) is 4.79 Å². The van der Waals surface area contributed by atoms with Gasteiger partial charge in [0.25, 0.3) is 0 Å². The van der Waals surface area contributed by atoms with E-state index in [-0.39, 0.29) is 12.5 Å². The Bertz CT molecular complexity index is 204. The Balaban J connectivity index is 3.90. The molecule has 2 unspecified atom stereocenters. The van der Waals surface area contributed by atoms with Crippen molar-refractivity contribution in [1.29, 1.82) is 0 Å². The monoisotopic (exact) mass is 202 g/mol. The molecule has 1 amide bonds. The minimum Gasteiger partial charge on any atom is -0.393 e. The number of nitrogens with two attached hydrogens (primary N) is 1. The number of hydrogen-bond acceptors (Lipinski definition) is 4. The second-order valence-electron chi connectivity index (χ2n) is 3.50. The van der Waals surface area contributed by atoms with E-state index in [4.69, 9.17) is 10.8 Å². The Morgan fingerprint density at radius 2 is 2.36 bits per heavy atom. The van der Waals surface area contributed by atoms with Crippen LogP contribution in [0.3, 0.4) is 0 Å². The highest BCUT2D eigenvalue weighted by Gasteiger charge is 2.21. The summed E-state index contributed by atoms with van der Waals surface area (Å²) in [6.07, 6.45) is 1.93. The summed E-state index contributed by atoms with van der Waals surface area (Å²) < 4.78 is 0. The van der Waals surface area contributed by atoms with Crippen molar-refractivity contribution in [2.45, 2.75) is 25.0 Å². The van der Waals surface area contributed by atoms with Crippen molar-refractivity contribution in [2.24, 2.45) is 5.73 Å². The molecule has 0 saturated carbocycles. The molecule has 14 heavy (non-hydrogen) atoms. The van der Waals surface area contributed by atoms with E-state index >= 15 is 0 Å². The summed E-state index contributed by atoms with van der Waals surface area (Å²) in [5.41, 5.74) is 4.17. The van der Waals surface area contributed by atoms with Crippen molar-refractivity contribution in [3.63, 3.8) is 0 Å². The summed E-state index contributed by atoms with van der Waals surface area (Å²) in [5, 5.41) is 20.5. The van der Waals surface area contributed by atoms with Crippen molar-refractivity contribution in [2.75, 3.05) is 13.2 Å². The highest BCUT2D eigenvalue weighted by atomic mass is 16.3. The van der Waals surface area contributed by atoms with Crippen LogP contribution in [0, 0.1) is 0 Å². The second-order valence-corrected chi connectivity index (χ2v) is 3.50. The molecule has 0 aliphatic heterocycles. The molecule has 0 aromatic carbocycles. The lowest BCUT2D eigenvalue weighted by Crippen LogP contribution is -2.48. The molecular formula is C9H18N2O3. The van der Waals surface area contributed by atoms with Crippen LogP contribution in [0.2, 0.25) is 0 Å². The van der Waals surface area contributed by atoms with Crippen LogP contribution >= 0.6 is 0 Å². The van der Waals surface area contributed by atoms with Crippen LogP contribution in [0.1, 0.15) is 13.3 Å². The highest BCUT2D eigenvalue weighted by Crippen LogP contribution is 1.99. The number of rotatable bonds is 6. The summed E-state index contributed by atoms with van der Waals surface area (Å²) in [6.45, 7) is 4.45. The maximum Gasteiger partial charge on any atom is 0.237 e. The molecule has 0 aliphatic rings. The van der Waals surface area contributed by atoms with Gasteiger partial charge in [-0.2, -0.15) is 0 Å². The molecule has 82 valence electrons. The molecular weight excluding hydrogens is 184 g/mol. The first-order valence-corrected chi connectivity index (χ1v) is 4.40. The van der Waals surface area contributed by atoms with Gasteiger partial charge in [-0.15, -0.1) is 6.58 Å². The molecule has 0 aromatic rings. The van der Waals surface area contributed by atoms with Crippen molar-refractivity contribution >= 4 is 5.91 Å². The van der Waals surface area contributed by atoms with Gasteiger partial charge in [0.05, 0.1) is 12.6 Å². The SMILES string of the molecule is C=CCC(N)C(=O)NCC(C)(O)CO. The number of nitrogens with one attached hydrogen (secondary N) is 1. The van der Waals surface area contributed by atoms with Crippen molar-refractivity contribution in [3.8, 4) is 0 Å². The van der Waals surface area contributed by atoms with Crippen LogP contribution in [0.5, 0.6) is 0 Å². The first-order chi connectivity index (χ1) is 6.43. The van der Waals surface area contributed by atoms with Gasteiger partial charge in [-0.1, -0.05) is 6.08 Å². The van der Waals surface area contributed by atoms with E-state index in [2.05, 4.69) is 11.9 Å². The van der Waals surface area contributed by atoms with E-state index in [0.29, 0.717) is 6.42 Å². The van der Waals surface area contributed by atoms with E-state index < -0.39 is 18.2 Å². The summed E-state index contributed by atoms with van der Waals surface area (Å²) in [6, 6.07) is -0.651. The predicted octanol–water partition coefficient (Wildman–Crippen LogP) is -1.25. The van der Waals surface area contributed by atoms with Gasteiger partial charge in [0, 0.05) is 6.54 Å². The third-order valence-electron chi connectivity index (χ3n) is 1.74. The van der Waals surface area contributed by atoms with Crippen molar-refractivity contribution < 1.29 is 15.0 Å². The Morgan fingerprint density at radius 3 is 2.79 bits per heavy atom. The zero-order chi connectivity index (χ0) is 11.2. The molecule has 5 nitrogen and oxygen atoms in total. The normalized spacial score (nSPS) is 16.9. The third kappa shape index (κ3) is 4.96. The largest absolute Gasteiger partial charge is 0.393 e. The minimum atomic E-state index is -1.30. The Kier molecular flexibility index (Phi) is 5.37. The van der Waals surface area contributed by atoms with Gasteiger partial charge >= 0.3 is 0 Å². The second kappa shape index (κ2) is 5.74. The van der Waals surface area contributed by atoms with Gasteiger partial charge in [-0.3, -0.25) is 4.79 Å². The smallest absolute Gasteiger partial charge is 0.237 e. The number of aliphatic hydroxyl groups is 2. The van der Waals surface area contributed by atoms with Gasteiger partial charge in [-0.05, 0) is 13.3 Å². The highest BCUT2D eigenvalue weighted by molar-refractivity contribution is 5.81. The first-order valence-electron chi connectivity index (χ1n) is 4.40. The van der Waals surface area contributed by atoms with Gasteiger partial charge in [0.1, 0.15) is 5.60 Å². The zero-order valence-electron chi connectivity index (χ0n) is 8.36. The molecule has 0 spiro atoms. The average Bonchev–Trinajstić information content (AvgIpc) is 2.15. The van der Waals surface area contributed by atoms with E-state index in [1.54, 1.807) is 6.08 Å². The summed E-state index contributed by atoms with van der Waals surface area (Å²) in [5.74, 6) is -0.362. The van der Waals surface area contributed by atoms with Gasteiger partial charge in [0.15, 0.2) is 0 Å². The number of amides is 1. The maximum absolute atomic E-state index is 11.2. The molecule has 0 aromatic heterocycles. The van der Waals surface area contributed by atoms with Crippen LogP contribution in [0.15, 0.2) is 12.7 Å². The summed E-state index contributed by atoms with van der Waals surface area (Å²) >= 11 is 0.